The number of benzene rings is 1. The number of ketones is 1. The molecule has 180 valence electrons. The number of piperidine rings is 1. The zero-order chi connectivity index (χ0) is 24.5. The normalized spacial score (nSPS) is 17.4. The summed E-state index contributed by atoms with van der Waals surface area (Å²) < 4.78 is 6.47. The van der Waals surface area contributed by atoms with Crippen molar-refractivity contribution in [1.29, 1.82) is 0 Å². The molecule has 0 spiro atoms. The molecular weight excluding hydrogens is 444 g/mol. The first-order valence-electron chi connectivity index (χ1n) is 11.8. The molecule has 8 heteroatoms. The van der Waals surface area contributed by atoms with E-state index in [0.29, 0.717) is 31.6 Å². The van der Waals surface area contributed by atoms with Crippen LogP contribution in [0.15, 0.2) is 58.4 Å². The summed E-state index contributed by atoms with van der Waals surface area (Å²) in [5.74, 6) is 1.81. The molecular formula is C27H28N4O4. The first-order chi connectivity index (χ1) is 16.9. The number of fused-ring (bicyclic) bond motifs is 1. The number of Topliss-reactive ketones (excluding diaryl/α,β-unsaturated/α-hetero) is 1. The first-order valence-corrected chi connectivity index (χ1v) is 11.8. The zero-order valence-corrected chi connectivity index (χ0v) is 19.9. The highest BCUT2D eigenvalue weighted by Gasteiger charge is 2.30. The third-order valence-electron chi connectivity index (χ3n) is 6.80. The average Bonchev–Trinajstić information content (AvgIpc) is 3.45. The Hall–Kier alpha value is -3.78. The average molecular weight is 473 g/mol. The molecule has 35 heavy (non-hydrogen) atoms. The van der Waals surface area contributed by atoms with E-state index < -0.39 is 0 Å². The molecule has 1 amide bonds. The van der Waals surface area contributed by atoms with Crippen molar-refractivity contribution >= 4 is 17.4 Å². The number of amides is 1. The number of pyridine rings is 1. The second kappa shape index (κ2) is 9.46. The van der Waals surface area contributed by atoms with E-state index in [4.69, 9.17) is 9.62 Å². The number of likely N-dealkylation sites (tertiary alicyclic amines) is 1. The van der Waals surface area contributed by atoms with Gasteiger partial charge in [-0.1, -0.05) is 17.3 Å². The van der Waals surface area contributed by atoms with Crippen LogP contribution in [0.5, 0.6) is 0 Å². The summed E-state index contributed by atoms with van der Waals surface area (Å²) in [7, 11) is 3.81. The molecule has 8 nitrogen and oxygen atoms in total. The lowest BCUT2D eigenvalue weighted by Gasteiger charge is -2.31. The van der Waals surface area contributed by atoms with Crippen LogP contribution >= 0.6 is 0 Å². The largest absolute Gasteiger partial charge is 0.460 e. The van der Waals surface area contributed by atoms with Gasteiger partial charge in [0.25, 0.3) is 0 Å². The fourth-order valence-electron chi connectivity index (χ4n) is 4.95. The number of oxime groups is 1. The van der Waals surface area contributed by atoms with Crippen LogP contribution < -0.4 is 0 Å². The maximum atomic E-state index is 12.4. The van der Waals surface area contributed by atoms with Crippen LogP contribution in [-0.2, 0) is 11.2 Å². The fraction of sp³-hybridized carbons (Fsp3) is 0.333. The lowest BCUT2D eigenvalue weighted by molar-refractivity contribution is -0.132. The minimum atomic E-state index is -0.230. The molecule has 1 fully saturated rings. The lowest BCUT2D eigenvalue weighted by atomic mass is 9.92. The van der Waals surface area contributed by atoms with Crippen molar-refractivity contribution < 1.29 is 19.2 Å². The van der Waals surface area contributed by atoms with Crippen molar-refractivity contribution in [3.05, 3.63) is 65.7 Å². The van der Waals surface area contributed by atoms with E-state index in [0.717, 1.165) is 46.6 Å². The Kier molecular flexibility index (Phi) is 6.21. The quantitative estimate of drug-likeness (QED) is 0.447. The summed E-state index contributed by atoms with van der Waals surface area (Å²) in [4.78, 5) is 32.8. The molecule has 0 bridgehead atoms. The van der Waals surface area contributed by atoms with E-state index >= 15 is 0 Å². The molecule has 5 rings (SSSR count). The van der Waals surface area contributed by atoms with Crippen LogP contribution in [0, 0.1) is 0 Å². The smallest absolute Gasteiger partial charge is 0.236 e. The molecule has 0 unspecified atom stereocenters. The monoisotopic (exact) mass is 472 g/mol. The molecule has 2 aliphatic rings. The molecule has 2 aromatic heterocycles. The molecule has 0 radical (unpaired) electrons. The second-order valence-electron chi connectivity index (χ2n) is 9.44. The Balaban J connectivity index is 1.45. The third-order valence-corrected chi connectivity index (χ3v) is 6.80. The van der Waals surface area contributed by atoms with Crippen LogP contribution in [0.3, 0.4) is 0 Å². The maximum absolute atomic E-state index is 12.4. The zero-order valence-electron chi connectivity index (χ0n) is 19.9. The summed E-state index contributed by atoms with van der Waals surface area (Å²) >= 11 is 0. The van der Waals surface area contributed by atoms with Crippen molar-refractivity contribution in [3.63, 3.8) is 0 Å². The van der Waals surface area contributed by atoms with Gasteiger partial charge in [-0.2, -0.15) is 0 Å². The van der Waals surface area contributed by atoms with E-state index in [1.807, 2.05) is 48.2 Å². The van der Waals surface area contributed by atoms with Gasteiger partial charge in [0, 0.05) is 54.5 Å². The summed E-state index contributed by atoms with van der Waals surface area (Å²) in [5, 5.41) is 12.3. The third kappa shape index (κ3) is 4.49. The van der Waals surface area contributed by atoms with E-state index in [-0.39, 0.29) is 23.3 Å². The topological polar surface area (TPSA) is 99.2 Å². The standard InChI is InChI=1S/C27H28N4O4/c1-30(2)16-25(32)31-11-7-17(8-12-31)24-15-22(27(35-24)18-5-9-28-10-6-18)19-3-4-21-20(13-19)14-23(29-34)26(21)33/h3-6,9-10,13,15,17,34H,7-8,11-12,14,16H2,1-2H3. The van der Waals surface area contributed by atoms with Gasteiger partial charge in [-0.15, -0.1) is 0 Å². The van der Waals surface area contributed by atoms with Gasteiger partial charge < -0.3 is 19.4 Å². The van der Waals surface area contributed by atoms with Gasteiger partial charge in [0.1, 0.15) is 17.2 Å². The minimum Gasteiger partial charge on any atom is -0.460 e. The van der Waals surface area contributed by atoms with Gasteiger partial charge in [0.2, 0.25) is 11.7 Å². The highest BCUT2D eigenvalue weighted by Crippen LogP contribution is 2.41. The van der Waals surface area contributed by atoms with Crippen molar-refractivity contribution in [2.45, 2.75) is 25.2 Å². The molecule has 1 aliphatic carbocycles. The van der Waals surface area contributed by atoms with Gasteiger partial charge >= 0.3 is 0 Å². The number of carbonyl (C=O) groups excluding carboxylic acids is 2. The number of likely N-dealkylation sites (N-methyl/N-ethyl adjacent to an activating group) is 1. The number of carbonyl (C=O) groups is 2. The Bertz CT molecular complexity index is 1290. The Labute approximate surface area is 203 Å². The van der Waals surface area contributed by atoms with Crippen LogP contribution in [0.1, 0.15) is 40.4 Å². The van der Waals surface area contributed by atoms with E-state index in [2.05, 4.69) is 16.2 Å². The van der Waals surface area contributed by atoms with Crippen molar-refractivity contribution in [1.82, 2.24) is 14.8 Å². The Morgan fingerprint density at radius 2 is 1.86 bits per heavy atom. The predicted molar refractivity (Wildman–Crippen MR) is 132 cm³/mol. The molecule has 1 aliphatic heterocycles. The van der Waals surface area contributed by atoms with Crippen molar-refractivity contribution in [2.75, 3.05) is 33.7 Å². The van der Waals surface area contributed by atoms with Gasteiger partial charge in [-0.05, 0) is 62.3 Å². The van der Waals surface area contributed by atoms with Gasteiger partial charge in [-0.25, -0.2) is 0 Å². The van der Waals surface area contributed by atoms with Gasteiger partial charge in [0.15, 0.2) is 0 Å². The number of furan rings is 1. The minimum absolute atomic E-state index is 0.157. The van der Waals surface area contributed by atoms with E-state index in [1.165, 1.54) is 0 Å². The number of nitrogens with zero attached hydrogens (tertiary/aromatic N) is 4. The second-order valence-corrected chi connectivity index (χ2v) is 9.44. The number of hydrogen-bond donors (Lipinski definition) is 1. The van der Waals surface area contributed by atoms with E-state index in [1.54, 1.807) is 18.5 Å². The van der Waals surface area contributed by atoms with Crippen LogP contribution in [-0.4, -0.2) is 71.1 Å². The fourth-order valence-corrected chi connectivity index (χ4v) is 4.95. The molecule has 3 heterocycles. The Morgan fingerprint density at radius 1 is 1.11 bits per heavy atom. The molecule has 1 saturated heterocycles. The number of aromatic nitrogens is 1. The molecule has 0 atom stereocenters. The molecule has 0 saturated carbocycles. The summed E-state index contributed by atoms with van der Waals surface area (Å²) in [6.45, 7) is 1.84. The number of hydrogen-bond acceptors (Lipinski definition) is 7. The highest BCUT2D eigenvalue weighted by molar-refractivity contribution is 6.49. The van der Waals surface area contributed by atoms with Crippen LogP contribution in [0.25, 0.3) is 22.5 Å². The van der Waals surface area contributed by atoms with Gasteiger partial charge in [-0.3, -0.25) is 14.6 Å². The SMILES string of the molecule is CN(C)CC(=O)N1CCC(c2cc(-c3ccc4c(c3)CC(=NO)C4=O)c(-c3ccncc3)o2)CC1. The molecule has 1 aromatic carbocycles. The Morgan fingerprint density at radius 3 is 2.54 bits per heavy atom. The first kappa shape index (κ1) is 23.0. The van der Waals surface area contributed by atoms with Crippen molar-refractivity contribution in [3.8, 4) is 22.5 Å². The van der Waals surface area contributed by atoms with Crippen LogP contribution in [0.2, 0.25) is 0 Å². The maximum Gasteiger partial charge on any atom is 0.236 e. The lowest BCUT2D eigenvalue weighted by Crippen LogP contribution is -2.42. The molecule has 1 N–H and O–H groups in total. The summed E-state index contributed by atoms with van der Waals surface area (Å²) in [6.07, 6.45) is 5.48. The van der Waals surface area contributed by atoms with Crippen molar-refractivity contribution in [2.24, 2.45) is 5.16 Å². The summed E-state index contributed by atoms with van der Waals surface area (Å²) in [6, 6.07) is 11.6. The van der Waals surface area contributed by atoms with E-state index in [9.17, 15) is 9.59 Å². The highest BCUT2D eigenvalue weighted by atomic mass is 16.4. The molecule has 3 aromatic rings. The summed E-state index contributed by atoms with van der Waals surface area (Å²) in [5.41, 5.74) is 4.39. The van der Waals surface area contributed by atoms with Crippen LogP contribution in [0.4, 0.5) is 0 Å². The predicted octanol–water partition coefficient (Wildman–Crippen LogP) is 3.85. The number of rotatable bonds is 5. The van der Waals surface area contributed by atoms with Gasteiger partial charge in [0.05, 0.1) is 6.54 Å².